The number of carbonyl (C=O) groups excluding carboxylic acids is 4. The molecule has 1 aliphatic heterocycles. The molecule has 4 fully saturated rings. The summed E-state index contributed by atoms with van der Waals surface area (Å²) in [5.74, 6) is -2.50. The highest BCUT2D eigenvalue weighted by molar-refractivity contribution is 7.91. The summed E-state index contributed by atoms with van der Waals surface area (Å²) in [4.78, 5) is 59.5. The monoisotopic (exact) mass is 777 g/mol. The van der Waals surface area contributed by atoms with E-state index < -0.39 is 73.6 Å². The van der Waals surface area contributed by atoms with Crippen molar-refractivity contribution in [3.05, 3.63) is 66.7 Å². The second-order valence-electron chi connectivity index (χ2n) is 16.8. The quantitative estimate of drug-likeness (QED) is 0.247. The highest BCUT2D eigenvalue weighted by Gasteiger charge is 2.62. The normalized spacial score (nSPS) is 25.8. The average molecular weight is 778 g/mol. The molecule has 4 amide bonds. The summed E-state index contributed by atoms with van der Waals surface area (Å²) in [6.07, 6.45) is 5.15. The third-order valence-corrected chi connectivity index (χ3v) is 13.4. The average Bonchev–Trinajstić information content (AvgIpc) is 4.03. The van der Waals surface area contributed by atoms with Gasteiger partial charge in [-0.15, -0.1) is 6.58 Å². The third-order valence-electron chi connectivity index (χ3n) is 11.6. The summed E-state index contributed by atoms with van der Waals surface area (Å²) in [5, 5.41) is 5.02. The molecule has 0 bridgehead atoms. The van der Waals surface area contributed by atoms with Crippen LogP contribution in [0.3, 0.4) is 0 Å². The maximum Gasteiger partial charge on any atom is 0.408 e. The van der Waals surface area contributed by atoms with Gasteiger partial charge in [0, 0.05) is 39.2 Å². The first-order chi connectivity index (χ1) is 25.9. The van der Waals surface area contributed by atoms with Crippen LogP contribution in [0, 0.1) is 11.3 Å². The Bertz CT molecular complexity index is 1900. The number of sulfonamides is 1. The zero-order valence-electron chi connectivity index (χ0n) is 32.7. The van der Waals surface area contributed by atoms with E-state index in [9.17, 15) is 27.6 Å². The van der Waals surface area contributed by atoms with Crippen molar-refractivity contribution in [3.8, 4) is 11.1 Å². The Hall–Kier alpha value is -4.43. The lowest BCUT2D eigenvalue weighted by atomic mass is 9.85. The van der Waals surface area contributed by atoms with E-state index >= 15 is 0 Å². The minimum absolute atomic E-state index is 0.0260. The van der Waals surface area contributed by atoms with Gasteiger partial charge in [-0.05, 0) is 79.2 Å². The Morgan fingerprint density at radius 3 is 2.05 bits per heavy atom. The molecule has 0 aromatic heterocycles. The summed E-state index contributed by atoms with van der Waals surface area (Å²) < 4.78 is 39.6. The van der Waals surface area contributed by atoms with Gasteiger partial charge in [0.25, 0.3) is 5.91 Å². The number of amides is 4. The van der Waals surface area contributed by atoms with Crippen LogP contribution < -0.4 is 20.3 Å². The summed E-state index contributed by atoms with van der Waals surface area (Å²) in [6.45, 7) is 9.23. The Kier molecular flexibility index (Phi) is 11.2. The SMILES string of the molecule is C=C[C@@H]1C[C@]1(NC(=O)[C@@H]1C[C@@](OC)(c2ccc(-c3ccc(N(C)C)cc3)cc2)CN1C(=O)[C@@H](NC(=O)OC1CCCC1)C(C)(C)C)C(=O)NS(=O)(=O)C1CC1. The highest BCUT2D eigenvalue weighted by Crippen LogP contribution is 2.47. The molecule has 0 unspecified atom stereocenters. The fourth-order valence-electron chi connectivity index (χ4n) is 7.87. The number of benzene rings is 2. The number of hydrogen-bond donors (Lipinski definition) is 3. The molecule has 2 aromatic carbocycles. The van der Waals surface area contributed by atoms with Crippen LogP contribution in [0.1, 0.15) is 77.7 Å². The first-order valence-corrected chi connectivity index (χ1v) is 20.7. The van der Waals surface area contributed by atoms with Gasteiger partial charge in [0.2, 0.25) is 21.8 Å². The van der Waals surface area contributed by atoms with Gasteiger partial charge in [0.15, 0.2) is 0 Å². The Morgan fingerprint density at radius 2 is 1.55 bits per heavy atom. The van der Waals surface area contributed by atoms with Crippen LogP contribution >= 0.6 is 0 Å². The van der Waals surface area contributed by atoms with Crippen molar-refractivity contribution in [1.29, 1.82) is 0 Å². The number of ether oxygens (including phenoxy) is 2. The molecule has 14 heteroatoms. The van der Waals surface area contributed by atoms with Gasteiger partial charge >= 0.3 is 6.09 Å². The molecule has 2 aromatic rings. The molecule has 6 rings (SSSR count). The number of nitrogens with one attached hydrogen (secondary N) is 3. The third kappa shape index (κ3) is 8.40. The van der Waals surface area contributed by atoms with E-state index in [1.165, 1.54) is 18.1 Å². The number of anilines is 1. The second kappa shape index (κ2) is 15.2. The van der Waals surface area contributed by atoms with Gasteiger partial charge in [-0.2, -0.15) is 0 Å². The molecule has 1 heterocycles. The van der Waals surface area contributed by atoms with E-state index in [1.54, 1.807) is 0 Å². The van der Waals surface area contributed by atoms with E-state index in [0.717, 1.165) is 48.1 Å². The summed E-state index contributed by atoms with van der Waals surface area (Å²) in [7, 11) is 1.59. The molecule has 3 N–H and O–H groups in total. The van der Waals surface area contributed by atoms with Gasteiger partial charge in [0.05, 0.1) is 11.8 Å². The fraction of sp³-hybridized carbons (Fsp3) is 0.561. The van der Waals surface area contributed by atoms with Crippen LogP contribution in [0.15, 0.2) is 61.2 Å². The van der Waals surface area contributed by atoms with E-state index in [4.69, 9.17) is 9.47 Å². The number of likely N-dealkylation sites (tertiary alicyclic amines) is 1. The molecule has 1 saturated heterocycles. The highest BCUT2D eigenvalue weighted by atomic mass is 32.2. The molecule has 13 nitrogen and oxygen atoms in total. The first kappa shape index (κ1) is 40.2. The van der Waals surface area contributed by atoms with Crippen molar-refractivity contribution in [1.82, 2.24) is 20.3 Å². The number of nitrogens with zero attached hydrogens (tertiary/aromatic N) is 2. The van der Waals surface area contributed by atoms with Crippen molar-refractivity contribution < 1.29 is 37.1 Å². The van der Waals surface area contributed by atoms with Crippen molar-refractivity contribution >= 4 is 39.5 Å². The van der Waals surface area contributed by atoms with Crippen LogP contribution in [-0.2, 0) is 39.5 Å². The Labute approximate surface area is 324 Å². The zero-order valence-corrected chi connectivity index (χ0v) is 33.5. The fourth-order valence-corrected chi connectivity index (χ4v) is 9.24. The molecule has 55 heavy (non-hydrogen) atoms. The maximum atomic E-state index is 14.8. The smallest absolute Gasteiger partial charge is 0.408 e. The number of hydrogen-bond acceptors (Lipinski definition) is 9. The second-order valence-corrected chi connectivity index (χ2v) is 18.8. The molecule has 3 aliphatic carbocycles. The minimum Gasteiger partial charge on any atom is -0.446 e. The lowest BCUT2D eigenvalue weighted by Gasteiger charge is -2.36. The molecular weight excluding hydrogens is 723 g/mol. The Balaban J connectivity index is 1.31. The number of carbonyl (C=O) groups is 4. The predicted octanol–water partition coefficient (Wildman–Crippen LogP) is 4.62. The van der Waals surface area contributed by atoms with Crippen molar-refractivity contribution in [2.24, 2.45) is 11.3 Å². The maximum absolute atomic E-state index is 14.8. The molecule has 0 radical (unpaired) electrons. The van der Waals surface area contributed by atoms with Crippen LogP contribution in [0.2, 0.25) is 0 Å². The van der Waals surface area contributed by atoms with Crippen molar-refractivity contribution in [3.63, 3.8) is 0 Å². The van der Waals surface area contributed by atoms with Crippen molar-refractivity contribution in [2.75, 3.05) is 32.6 Å². The molecule has 5 atom stereocenters. The number of methoxy groups -OCH3 is 1. The van der Waals surface area contributed by atoms with E-state index in [-0.39, 0.29) is 25.5 Å². The molecule has 0 spiro atoms. The van der Waals surface area contributed by atoms with E-state index in [2.05, 4.69) is 21.9 Å². The molecule has 298 valence electrons. The van der Waals surface area contributed by atoms with Crippen molar-refractivity contribution in [2.45, 2.75) is 107 Å². The first-order valence-electron chi connectivity index (χ1n) is 19.1. The lowest BCUT2D eigenvalue weighted by molar-refractivity contribution is -0.143. The van der Waals surface area contributed by atoms with Crippen LogP contribution in [0.25, 0.3) is 11.1 Å². The van der Waals surface area contributed by atoms with E-state index in [1.807, 2.05) is 88.3 Å². The molecular formula is C41H55N5O8S. The van der Waals surface area contributed by atoms with Gasteiger partial charge in [-0.3, -0.25) is 19.1 Å². The van der Waals surface area contributed by atoms with Gasteiger partial charge in [0.1, 0.15) is 29.3 Å². The topological polar surface area (TPSA) is 163 Å². The van der Waals surface area contributed by atoms with Crippen LogP contribution in [0.4, 0.5) is 10.5 Å². The summed E-state index contributed by atoms with van der Waals surface area (Å²) in [6, 6.07) is 13.7. The zero-order chi connectivity index (χ0) is 39.9. The number of rotatable bonds is 13. The molecule has 3 saturated carbocycles. The minimum atomic E-state index is -3.90. The summed E-state index contributed by atoms with van der Waals surface area (Å²) in [5.41, 5.74) is 0.295. The van der Waals surface area contributed by atoms with Gasteiger partial charge in [-0.1, -0.05) is 63.2 Å². The van der Waals surface area contributed by atoms with E-state index in [0.29, 0.717) is 12.8 Å². The van der Waals surface area contributed by atoms with Crippen LogP contribution in [-0.4, -0.2) is 93.9 Å². The predicted molar refractivity (Wildman–Crippen MR) is 209 cm³/mol. The standard InChI is InChI=1S/C41H55N5O8S/c1-8-28-23-41(28,37(49)44-55(51,52)32-21-22-32)43-35(47)33-24-40(53-7,29-17-13-26(14-18-29)27-15-19-30(20-16-27)45(5)6)25-46(33)36(48)34(39(2,3)4)42-38(50)54-31-11-9-10-12-31/h8,13-20,28,31-34H,1,9-12,21-25H2,2-7H3,(H,42,50)(H,43,47)(H,44,49)/t28-,33+,34-,40+,41-/m1/s1. The van der Waals surface area contributed by atoms with Crippen LogP contribution in [0.5, 0.6) is 0 Å². The van der Waals surface area contributed by atoms with Gasteiger partial charge < -0.3 is 29.9 Å². The number of alkyl carbamates (subject to hydrolysis) is 1. The molecule has 4 aliphatic rings. The van der Waals surface area contributed by atoms with Gasteiger partial charge in [-0.25, -0.2) is 13.2 Å². The Morgan fingerprint density at radius 1 is 0.945 bits per heavy atom. The lowest BCUT2D eigenvalue weighted by Crippen LogP contribution is -2.60. The largest absolute Gasteiger partial charge is 0.446 e. The summed E-state index contributed by atoms with van der Waals surface area (Å²) >= 11 is 0.